The molecule has 23 heavy (non-hydrogen) atoms. The highest BCUT2D eigenvalue weighted by Gasteiger charge is 2.37. The molecule has 0 spiro atoms. The van der Waals surface area contributed by atoms with Crippen molar-refractivity contribution in [2.75, 3.05) is 31.9 Å². The van der Waals surface area contributed by atoms with Gasteiger partial charge in [-0.15, -0.1) is 0 Å². The lowest BCUT2D eigenvalue weighted by Gasteiger charge is -2.43. The first-order valence-corrected chi connectivity index (χ1v) is 10.9. The van der Waals surface area contributed by atoms with Crippen LogP contribution in [0.5, 0.6) is 0 Å². The SMILES string of the molecule is CCCS(=O)(=O)N1CCC(C(=O)N2C[C@H]3CCC[C@@H](C3)C2)CC1. The van der Waals surface area contributed by atoms with Gasteiger partial charge < -0.3 is 4.90 Å². The van der Waals surface area contributed by atoms with E-state index in [1.165, 1.54) is 25.7 Å². The van der Waals surface area contributed by atoms with Crippen LogP contribution < -0.4 is 0 Å². The number of piperidine rings is 2. The molecule has 5 nitrogen and oxygen atoms in total. The topological polar surface area (TPSA) is 57.7 Å². The van der Waals surface area contributed by atoms with Gasteiger partial charge in [0.1, 0.15) is 0 Å². The van der Waals surface area contributed by atoms with Crippen LogP contribution >= 0.6 is 0 Å². The highest BCUT2D eigenvalue weighted by atomic mass is 32.2. The monoisotopic (exact) mass is 342 g/mol. The first-order valence-electron chi connectivity index (χ1n) is 9.26. The fourth-order valence-corrected chi connectivity index (χ4v) is 6.18. The van der Waals surface area contributed by atoms with Crippen molar-refractivity contribution in [3.05, 3.63) is 0 Å². The van der Waals surface area contributed by atoms with Crippen molar-refractivity contribution in [2.45, 2.75) is 51.9 Å². The van der Waals surface area contributed by atoms with E-state index in [-0.39, 0.29) is 17.6 Å². The molecule has 3 aliphatic rings. The number of nitrogens with zero attached hydrogens (tertiary/aromatic N) is 2. The van der Waals surface area contributed by atoms with Gasteiger partial charge >= 0.3 is 0 Å². The Morgan fingerprint density at radius 2 is 1.65 bits per heavy atom. The molecule has 132 valence electrons. The zero-order chi connectivity index (χ0) is 16.4. The van der Waals surface area contributed by atoms with E-state index < -0.39 is 10.0 Å². The summed E-state index contributed by atoms with van der Waals surface area (Å²) < 4.78 is 25.8. The molecular formula is C17H30N2O3S. The van der Waals surface area contributed by atoms with Crippen molar-refractivity contribution in [2.24, 2.45) is 17.8 Å². The van der Waals surface area contributed by atoms with E-state index in [2.05, 4.69) is 4.90 Å². The van der Waals surface area contributed by atoms with Gasteiger partial charge in [-0.05, 0) is 50.4 Å². The molecule has 2 atom stereocenters. The zero-order valence-corrected chi connectivity index (χ0v) is 15.1. The molecule has 0 aromatic rings. The highest BCUT2D eigenvalue weighted by Crippen LogP contribution is 2.35. The summed E-state index contributed by atoms with van der Waals surface area (Å²) in [5, 5.41) is 0. The van der Waals surface area contributed by atoms with Gasteiger partial charge in [-0.25, -0.2) is 12.7 Å². The van der Waals surface area contributed by atoms with Gasteiger partial charge in [-0.3, -0.25) is 4.79 Å². The minimum absolute atomic E-state index is 0.0295. The Labute approximate surface area is 140 Å². The number of likely N-dealkylation sites (tertiary alicyclic amines) is 1. The standard InChI is InChI=1S/C17H30N2O3S/c1-2-10-23(21,22)19-8-6-16(7-9-19)17(20)18-12-14-4-3-5-15(11-14)13-18/h14-16H,2-13H2,1H3/t14-,15-/m0/s1. The lowest BCUT2D eigenvalue weighted by Crippen LogP contribution is -2.50. The number of rotatable bonds is 4. The van der Waals surface area contributed by atoms with Crippen LogP contribution in [0.15, 0.2) is 0 Å². The van der Waals surface area contributed by atoms with E-state index in [4.69, 9.17) is 0 Å². The van der Waals surface area contributed by atoms with E-state index >= 15 is 0 Å². The number of hydrogen-bond acceptors (Lipinski definition) is 3. The smallest absolute Gasteiger partial charge is 0.225 e. The van der Waals surface area contributed by atoms with Crippen molar-refractivity contribution in [3.63, 3.8) is 0 Å². The van der Waals surface area contributed by atoms with Crippen molar-refractivity contribution in [3.8, 4) is 0 Å². The van der Waals surface area contributed by atoms with E-state index in [0.29, 0.717) is 44.2 Å². The Morgan fingerprint density at radius 1 is 1.04 bits per heavy atom. The third-order valence-electron chi connectivity index (χ3n) is 5.82. The van der Waals surface area contributed by atoms with Crippen molar-refractivity contribution in [1.29, 1.82) is 0 Å². The number of fused-ring (bicyclic) bond motifs is 2. The molecule has 0 radical (unpaired) electrons. The van der Waals surface area contributed by atoms with Crippen molar-refractivity contribution < 1.29 is 13.2 Å². The molecule has 2 bridgehead atoms. The first-order chi connectivity index (χ1) is 11.0. The third-order valence-corrected chi connectivity index (χ3v) is 7.89. The largest absolute Gasteiger partial charge is 0.342 e. The number of carbonyl (C=O) groups is 1. The van der Waals surface area contributed by atoms with Gasteiger partial charge in [0, 0.05) is 32.1 Å². The van der Waals surface area contributed by atoms with E-state index in [1.807, 2.05) is 6.92 Å². The van der Waals surface area contributed by atoms with Crippen LogP contribution in [0.4, 0.5) is 0 Å². The molecule has 2 aliphatic heterocycles. The summed E-state index contributed by atoms with van der Waals surface area (Å²) in [6.45, 7) is 4.79. The Morgan fingerprint density at radius 3 is 2.22 bits per heavy atom. The van der Waals surface area contributed by atoms with Gasteiger partial charge in [0.15, 0.2) is 0 Å². The summed E-state index contributed by atoms with van der Waals surface area (Å²) >= 11 is 0. The summed E-state index contributed by atoms with van der Waals surface area (Å²) in [5.74, 6) is 1.95. The maximum Gasteiger partial charge on any atom is 0.225 e. The second kappa shape index (κ2) is 7.09. The Hall–Kier alpha value is -0.620. The zero-order valence-electron chi connectivity index (χ0n) is 14.2. The molecule has 3 rings (SSSR count). The molecule has 1 aliphatic carbocycles. The summed E-state index contributed by atoms with van der Waals surface area (Å²) in [5.41, 5.74) is 0. The lowest BCUT2D eigenvalue weighted by molar-refractivity contribution is -0.140. The normalized spacial score (nSPS) is 30.4. The number of hydrogen-bond donors (Lipinski definition) is 0. The molecule has 2 heterocycles. The van der Waals surface area contributed by atoms with Crippen LogP contribution in [0.25, 0.3) is 0 Å². The molecular weight excluding hydrogens is 312 g/mol. The van der Waals surface area contributed by atoms with Crippen LogP contribution in [-0.4, -0.2) is 55.5 Å². The average molecular weight is 343 g/mol. The van der Waals surface area contributed by atoms with Crippen LogP contribution in [0.3, 0.4) is 0 Å². The molecule has 6 heteroatoms. The Bertz CT molecular complexity index is 514. The van der Waals surface area contributed by atoms with Gasteiger partial charge in [-0.1, -0.05) is 13.3 Å². The maximum atomic E-state index is 12.8. The highest BCUT2D eigenvalue weighted by molar-refractivity contribution is 7.89. The Kier molecular flexibility index (Phi) is 5.31. The third kappa shape index (κ3) is 3.90. The van der Waals surface area contributed by atoms with E-state index in [1.54, 1.807) is 4.31 Å². The van der Waals surface area contributed by atoms with Crippen LogP contribution in [0.2, 0.25) is 0 Å². The maximum absolute atomic E-state index is 12.8. The van der Waals surface area contributed by atoms with Crippen molar-refractivity contribution >= 4 is 15.9 Å². The van der Waals surface area contributed by atoms with Crippen molar-refractivity contribution in [1.82, 2.24) is 9.21 Å². The van der Waals surface area contributed by atoms with E-state index in [9.17, 15) is 13.2 Å². The van der Waals surface area contributed by atoms with Crippen LogP contribution in [0, 0.1) is 17.8 Å². The number of sulfonamides is 1. The van der Waals surface area contributed by atoms with E-state index in [0.717, 1.165) is 13.1 Å². The minimum Gasteiger partial charge on any atom is -0.342 e. The molecule has 1 saturated carbocycles. The molecule has 0 aromatic carbocycles. The second-order valence-corrected chi connectivity index (χ2v) is 9.72. The Balaban J connectivity index is 1.54. The van der Waals surface area contributed by atoms with Gasteiger partial charge in [0.25, 0.3) is 0 Å². The van der Waals surface area contributed by atoms with Crippen LogP contribution in [0.1, 0.15) is 51.9 Å². The van der Waals surface area contributed by atoms with Gasteiger partial charge in [0.2, 0.25) is 15.9 Å². The fourth-order valence-electron chi connectivity index (χ4n) is 4.64. The van der Waals surface area contributed by atoms with Gasteiger partial charge in [0.05, 0.1) is 5.75 Å². The summed E-state index contributed by atoms with van der Waals surface area (Å²) in [6.07, 6.45) is 7.20. The predicted molar refractivity (Wildman–Crippen MR) is 90.4 cm³/mol. The first kappa shape index (κ1) is 17.2. The number of carbonyl (C=O) groups excluding carboxylic acids is 1. The summed E-state index contributed by atoms with van der Waals surface area (Å²) in [6, 6.07) is 0. The molecule has 0 aromatic heterocycles. The predicted octanol–water partition coefficient (Wildman–Crippen LogP) is 2.09. The molecule has 0 unspecified atom stereocenters. The quantitative estimate of drug-likeness (QED) is 0.786. The molecule has 2 saturated heterocycles. The summed E-state index contributed by atoms with van der Waals surface area (Å²) in [4.78, 5) is 14.9. The van der Waals surface area contributed by atoms with Gasteiger partial charge in [-0.2, -0.15) is 0 Å². The molecule has 1 amide bonds. The second-order valence-electron chi connectivity index (χ2n) is 7.63. The average Bonchev–Trinajstić information content (AvgIpc) is 2.54. The minimum atomic E-state index is -3.11. The molecule has 3 fully saturated rings. The summed E-state index contributed by atoms with van der Waals surface area (Å²) in [7, 11) is -3.11. The number of amides is 1. The van der Waals surface area contributed by atoms with Crippen LogP contribution in [-0.2, 0) is 14.8 Å². The lowest BCUT2D eigenvalue weighted by atomic mass is 9.77. The molecule has 0 N–H and O–H groups in total. The fraction of sp³-hybridized carbons (Fsp3) is 0.941.